The first-order chi connectivity index (χ1) is 19.7. The number of halogens is 5. The predicted molar refractivity (Wildman–Crippen MR) is 144 cm³/mol. The first-order valence-corrected chi connectivity index (χ1v) is 12.2. The lowest BCUT2D eigenvalue weighted by Crippen LogP contribution is -2.40. The highest BCUT2D eigenvalue weighted by Crippen LogP contribution is 2.42. The summed E-state index contributed by atoms with van der Waals surface area (Å²) in [5, 5.41) is 3.97. The summed E-state index contributed by atoms with van der Waals surface area (Å²) in [6, 6.07) is 17.7. The van der Waals surface area contributed by atoms with Gasteiger partial charge in [0.1, 0.15) is 41.8 Å². The van der Waals surface area contributed by atoms with Gasteiger partial charge < -0.3 is 10.6 Å². The van der Waals surface area contributed by atoms with Crippen LogP contribution in [0.1, 0.15) is 33.9 Å². The Labute approximate surface area is 233 Å². The van der Waals surface area contributed by atoms with Crippen molar-refractivity contribution in [2.24, 2.45) is 16.8 Å². The number of ether oxygens (including phenoxy) is 1. The molecule has 0 saturated heterocycles. The summed E-state index contributed by atoms with van der Waals surface area (Å²) in [6.45, 7) is -0.324. The maximum absolute atomic E-state index is 15.7. The second-order valence-electron chi connectivity index (χ2n) is 8.92. The lowest BCUT2D eigenvalue weighted by molar-refractivity contribution is -0.0443. The third kappa shape index (κ3) is 7.58. The standard InChI is InChI=1S/C30H24F5N5O/c31-23-8-3-22(4-9-23)18-41-25-11-5-20(6-12-25)1-2-21-7-14-29(38-16-21)30(34,35)27(17-40(37)19-39-36)26-13-10-24(32)15-28(26)33/h3-16,19,27H,17-18,36-37H2/b39-19-. The number of hydrazine groups is 1. The van der Waals surface area contributed by atoms with Crippen molar-refractivity contribution < 1.29 is 26.7 Å². The fourth-order valence-corrected chi connectivity index (χ4v) is 3.91. The molecule has 41 heavy (non-hydrogen) atoms. The molecule has 0 radical (unpaired) electrons. The summed E-state index contributed by atoms with van der Waals surface area (Å²) in [5.41, 5.74) is 0.715. The summed E-state index contributed by atoms with van der Waals surface area (Å²) in [5.74, 6) is 9.13. The molecule has 1 aromatic heterocycles. The second kappa shape index (κ2) is 12.9. The molecule has 6 nitrogen and oxygen atoms in total. The number of hydrazone groups is 1. The Morgan fingerprint density at radius 3 is 2.20 bits per heavy atom. The van der Waals surface area contributed by atoms with Gasteiger partial charge in [0.15, 0.2) is 0 Å². The fourth-order valence-electron chi connectivity index (χ4n) is 3.91. The number of rotatable bonds is 9. The highest BCUT2D eigenvalue weighted by Gasteiger charge is 2.45. The molecule has 4 aromatic rings. The van der Waals surface area contributed by atoms with E-state index in [1.165, 1.54) is 24.4 Å². The molecule has 4 N–H and O–H groups in total. The first kappa shape index (κ1) is 29.0. The van der Waals surface area contributed by atoms with Gasteiger partial charge in [-0.15, -0.1) is 0 Å². The van der Waals surface area contributed by atoms with Crippen LogP contribution in [0.25, 0.3) is 0 Å². The monoisotopic (exact) mass is 565 g/mol. The van der Waals surface area contributed by atoms with Crippen molar-refractivity contribution in [1.82, 2.24) is 9.99 Å². The van der Waals surface area contributed by atoms with E-state index in [0.717, 1.165) is 35.1 Å². The van der Waals surface area contributed by atoms with E-state index in [-0.39, 0.29) is 12.4 Å². The van der Waals surface area contributed by atoms with E-state index in [2.05, 4.69) is 21.9 Å². The van der Waals surface area contributed by atoms with Crippen LogP contribution >= 0.6 is 0 Å². The summed E-state index contributed by atoms with van der Waals surface area (Å²) in [6.07, 6.45) is 2.08. The zero-order valence-electron chi connectivity index (χ0n) is 21.4. The van der Waals surface area contributed by atoms with Crippen molar-refractivity contribution in [3.05, 3.63) is 130 Å². The Kier molecular flexibility index (Phi) is 9.16. The lowest BCUT2D eigenvalue weighted by atomic mass is 9.89. The number of pyridine rings is 1. The van der Waals surface area contributed by atoms with E-state index in [1.807, 2.05) is 0 Å². The van der Waals surface area contributed by atoms with Crippen LogP contribution in [0.4, 0.5) is 22.0 Å². The molecule has 0 amide bonds. The minimum Gasteiger partial charge on any atom is -0.489 e. The van der Waals surface area contributed by atoms with Crippen LogP contribution in [0.2, 0.25) is 0 Å². The second-order valence-corrected chi connectivity index (χ2v) is 8.92. The molecule has 0 saturated carbocycles. The average Bonchev–Trinajstić information content (AvgIpc) is 2.96. The Hall–Kier alpha value is -4.95. The van der Waals surface area contributed by atoms with Gasteiger partial charge in [-0.05, 0) is 65.7 Å². The quantitative estimate of drug-likeness (QED) is 0.0706. The van der Waals surface area contributed by atoms with E-state index < -0.39 is 41.3 Å². The van der Waals surface area contributed by atoms with Gasteiger partial charge in [0.05, 0.1) is 5.92 Å². The fraction of sp³-hybridized carbons (Fsp3) is 0.133. The molecule has 1 unspecified atom stereocenters. The highest BCUT2D eigenvalue weighted by molar-refractivity contribution is 5.53. The number of nitrogens with two attached hydrogens (primary N) is 2. The Bertz CT molecular complexity index is 1550. The van der Waals surface area contributed by atoms with Crippen LogP contribution in [0.5, 0.6) is 5.75 Å². The average molecular weight is 566 g/mol. The molecule has 1 heterocycles. The summed E-state index contributed by atoms with van der Waals surface area (Å²) < 4.78 is 78.0. The van der Waals surface area contributed by atoms with E-state index in [4.69, 9.17) is 16.4 Å². The SMILES string of the molecule is N/N=C\N(N)CC(c1ccc(F)cc1F)C(F)(F)c1ccc(C#Cc2ccc(OCc3ccc(F)cc3)cc2)cn1. The van der Waals surface area contributed by atoms with E-state index in [1.54, 1.807) is 36.4 Å². The van der Waals surface area contributed by atoms with E-state index >= 15 is 8.78 Å². The van der Waals surface area contributed by atoms with Gasteiger partial charge in [0.2, 0.25) is 0 Å². The van der Waals surface area contributed by atoms with Crippen LogP contribution < -0.4 is 16.4 Å². The maximum Gasteiger partial charge on any atom is 0.298 e. The third-order valence-corrected chi connectivity index (χ3v) is 6.01. The number of hydrogen-bond donors (Lipinski definition) is 2. The highest BCUT2D eigenvalue weighted by atomic mass is 19.3. The molecular formula is C30H24F5N5O. The Morgan fingerprint density at radius 2 is 1.56 bits per heavy atom. The molecule has 1 atom stereocenters. The number of hydrogen-bond acceptors (Lipinski definition) is 5. The summed E-state index contributed by atoms with van der Waals surface area (Å²) >= 11 is 0. The molecule has 0 spiro atoms. The van der Waals surface area contributed by atoms with Crippen molar-refractivity contribution in [3.8, 4) is 17.6 Å². The zero-order valence-corrected chi connectivity index (χ0v) is 21.4. The van der Waals surface area contributed by atoms with Crippen molar-refractivity contribution in [2.75, 3.05) is 6.54 Å². The normalized spacial score (nSPS) is 12.0. The van der Waals surface area contributed by atoms with Crippen LogP contribution in [0, 0.1) is 29.3 Å². The number of benzene rings is 3. The molecule has 0 aliphatic carbocycles. The van der Waals surface area contributed by atoms with Gasteiger partial charge in [-0.25, -0.2) is 19.0 Å². The van der Waals surface area contributed by atoms with Crippen LogP contribution in [0.15, 0.2) is 90.2 Å². The first-order valence-electron chi connectivity index (χ1n) is 12.2. The Morgan fingerprint density at radius 1 is 0.902 bits per heavy atom. The molecule has 0 bridgehead atoms. The molecular weight excluding hydrogens is 541 g/mol. The van der Waals surface area contributed by atoms with Gasteiger partial charge in [0.25, 0.3) is 5.92 Å². The van der Waals surface area contributed by atoms with Crippen molar-refractivity contribution >= 4 is 6.34 Å². The molecule has 0 fully saturated rings. The lowest BCUT2D eigenvalue weighted by Gasteiger charge is -2.29. The van der Waals surface area contributed by atoms with Crippen LogP contribution in [-0.4, -0.2) is 22.9 Å². The summed E-state index contributed by atoms with van der Waals surface area (Å²) in [7, 11) is 0. The van der Waals surface area contributed by atoms with Crippen LogP contribution in [0.3, 0.4) is 0 Å². The molecule has 4 rings (SSSR count). The summed E-state index contributed by atoms with van der Waals surface area (Å²) in [4.78, 5) is 3.87. The van der Waals surface area contributed by atoms with Crippen molar-refractivity contribution in [3.63, 3.8) is 0 Å². The molecule has 0 aliphatic heterocycles. The minimum absolute atomic E-state index is 0.270. The van der Waals surface area contributed by atoms with E-state index in [0.29, 0.717) is 22.9 Å². The van der Waals surface area contributed by atoms with Crippen molar-refractivity contribution in [1.29, 1.82) is 0 Å². The largest absolute Gasteiger partial charge is 0.489 e. The smallest absolute Gasteiger partial charge is 0.298 e. The van der Waals surface area contributed by atoms with Gasteiger partial charge >= 0.3 is 0 Å². The molecule has 0 aliphatic rings. The zero-order chi connectivity index (χ0) is 29.4. The molecule has 3 aromatic carbocycles. The van der Waals surface area contributed by atoms with Gasteiger partial charge in [-0.2, -0.15) is 13.9 Å². The van der Waals surface area contributed by atoms with Gasteiger partial charge in [-0.3, -0.25) is 9.99 Å². The number of aromatic nitrogens is 1. The van der Waals surface area contributed by atoms with Gasteiger partial charge in [0, 0.05) is 29.9 Å². The minimum atomic E-state index is -3.71. The maximum atomic E-state index is 15.7. The van der Waals surface area contributed by atoms with Crippen LogP contribution in [-0.2, 0) is 12.5 Å². The van der Waals surface area contributed by atoms with E-state index in [9.17, 15) is 13.2 Å². The third-order valence-electron chi connectivity index (χ3n) is 6.01. The van der Waals surface area contributed by atoms with Gasteiger partial charge in [-0.1, -0.05) is 30.0 Å². The number of nitrogens with zero attached hydrogens (tertiary/aromatic N) is 3. The van der Waals surface area contributed by atoms with Crippen molar-refractivity contribution in [2.45, 2.75) is 18.4 Å². The Balaban J connectivity index is 1.47. The molecule has 11 heteroatoms. The topological polar surface area (TPSA) is 89.8 Å². The number of alkyl halides is 2. The molecule has 210 valence electrons. The predicted octanol–water partition coefficient (Wildman–Crippen LogP) is 5.43.